The third-order valence-corrected chi connectivity index (χ3v) is 4.71. The molecule has 0 aromatic heterocycles. The zero-order chi connectivity index (χ0) is 17.1. The van der Waals surface area contributed by atoms with Crippen molar-refractivity contribution in [2.24, 2.45) is 0 Å². The molecule has 1 aliphatic rings. The van der Waals surface area contributed by atoms with Crippen molar-refractivity contribution in [3.63, 3.8) is 0 Å². The molecule has 1 fully saturated rings. The maximum Gasteiger partial charge on any atom is 0.266 e. The second-order valence-corrected chi connectivity index (χ2v) is 6.29. The molecule has 1 amide bonds. The molecule has 3 aromatic rings. The van der Waals surface area contributed by atoms with Gasteiger partial charge in [0.15, 0.2) is 0 Å². The summed E-state index contributed by atoms with van der Waals surface area (Å²) in [6.45, 7) is 2.45. The first-order valence-electron chi connectivity index (χ1n) is 8.64. The zero-order valence-corrected chi connectivity index (χ0v) is 14.0. The lowest BCUT2D eigenvalue weighted by molar-refractivity contribution is 0.0614. The van der Waals surface area contributed by atoms with Crippen LogP contribution >= 0.6 is 0 Å². The quantitative estimate of drug-likeness (QED) is 0.775. The number of hydrazine groups is 1. The van der Waals surface area contributed by atoms with Crippen LogP contribution in [0, 0.1) is 0 Å². The highest BCUT2D eigenvalue weighted by molar-refractivity contribution is 6.06. The molecule has 1 saturated heterocycles. The van der Waals surface area contributed by atoms with Gasteiger partial charge in [0.1, 0.15) is 0 Å². The van der Waals surface area contributed by atoms with Gasteiger partial charge in [-0.1, -0.05) is 66.7 Å². The van der Waals surface area contributed by atoms with E-state index in [1.807, 2.05) is 60.7 Å². The number of nitrogens with one attached hydrogen (secondary N) is 2. The summed E-state index contributed by atoms with van der Waals surface area (Å²) in [6, 6.07) is 24.3. The van der Waals surface area contributed by atoms with Gasteiger partial charge in [-0.3, -0.25) is 10.2 Å². The number of rotatable bonds is 3. The summed E-state index contributed by atoms with van der Waals surface area (Å²) < 4.78 is 0. The number of hydrogen-bond acceptors (Lipinski definition) is 3. The molecule has 0 saturated carbocycles. The highest BCUT2D eigenvalue weighted by Crippen LogP contribution is 2.22. The topological polar surface area (TPSA) is 44.4 Å². The molecule has 1 atom stereocenters. The Morgan fingerprint density at radius 1 is 0.960 bits per heavy atom. The third-order valence-electron chi connectivity index (χ3n) is 4.71. The Balaban J connectivity index is 1.60. The monoisotopic (exact) mass is 331 g/mol. The van der Waals surface area contributed by atoms with Gasteiger partial charge in [0.2, 0.25) is 0 Å². The number of carbonyl (C=O) groups excluding carboxylic acids is 1. The number of nitrogens with zero attached hydrogens (tertiary/aromatic N) is 1. The van der Waals surface area contributed by atoms with E-state index >= 15 is 0 Å². The number of hydrogen-bond donors (Lipinski definition) is 2. The summed E-state index contributed by atoms with van der Waals surface area (Å²) in [7, 11) is 0. The standard InChI is InChI=1S/C21H21N3O/c25-21(19-12-6-10-16-7-4-5-11-18(16)19)23-24-14-13-22-15-20(24)17-8-2-1-3-9-17/h1-12,20,22H,13-15H2,(H,23,25). The Bertz CT molecular complexity index is 873. The Morgan fingerprint density at radius 2 is 1.72 bits per heavy atom. The summed E-state index contributed by atoms with van der Waals surface area (Å²) in [5.74, 6) is -0.0559. The minimum atomic E-state index is -0.0559. The number of fused-ring (bicyclic) bond motifs is 1. The summed E-state index contributed by atoms with van der Waals surface area (Å²) in [4.78, 5) is 12.9. The second kappa shape index (κ2) is 7.05. The van der Waals surface area contributed by atoms with Crippen molar-refractivity contribution in [2.75, 3.05) is 19.6 Å². The predicted molar refractivity (Wildman–Crippen MR) is 100 cm³/mol. The molecular weight excluding hydrogens is 310 g/mol. The van der Waals surface area contributed by atoms with Gasteiger partial charge < -0.3 is 5.32 Å². The highest BCUT2D eigenvalue weighted by Gasteiger charge is 2.25. The van der Waals surface area contributed by atoms with Crippen molar-refractivity contribution in [1.82, 2.24) is 15.8 Å². The lowest BCUT2D eigenvalue weighted by Crippen LogP contribution is -2.53. The van der Waals surface area contributed by atoms with Gasteiger partial charge in [-0.05, 0) is 22.4 Å². The molecule has 1 unspecified atom stereocenters. The normalized spacial score (nSPS) is 18.2. The van der Waals surface area contributed by atoms with Gasteiger partial charge in [-0.2, -0.15) is 0 Å². The molecular formula is C21H21N3O. The molecule has 1 heterocycles. The zero-order valence-electron chi connectivity index (χ0n) is 14.0. The molecule has 2 N–H and O–H groups in total. The third kappa shape index (κ3) is 3.27. The largest absolute Gasteiger partial charge is 0.313 e. The van der Waals surface area contributed by atoms with E-state index in [4.69, 9.17) is 0 Å². The van der Waals surface area contributed by atoms with Crippen LogP contribution in [0.4, 0.5) is 0 Å². The van der Waals surface area contributed by atoms with Crippen molar-refractivity contribution in [1.29, 1.82) is 0 Å². The highest BCUT2D eigenvalue weighted by atomic mass is 16.2. The average Bonchev–Trinajstić information content (AvgIpc) is 2.68. The lowest BCUT2D eigenvalue weighted by Gasteiger charge is -2.36. The van der Waals surface area contributed by atoms with E-state index in [0.717, 1.165) is 30.4 Å². The van der Waals surface area contributed by atoms with E-state index in [2.05, 4.69) is 27.9 Å². The van der Waals surface area contributed by atoms with Crippen molar-refractivity contribution >= 4 is 16.7 Å². The summed E-state index contributed by atoms with van der Waals surface area (Å²) in [5.41, 5.74) is 5.04. The van der Waals surface area contributed by atoms with Crippen LogP contribution in [0.15, 0.2) is 72.8 Å². The Hall–Kier alpha value is -2.69. The SMILES string of the molecule is O=C(NN1CCNCC1c1ccccc1)c1cccc2ccccc12. The van der Waals surface area contributed by atoms with Crippen molar-refractivity contribution in [2.45, 2.75) is 6.04 Å². The number of piperazine rings is 1. The number of carbonyl (C=O) groups is 1. The molecule has 0 radical (unpaired) electrons. The first-order chi connectivity index (χ1) is 12.3. The second-order valence-electron chi connectivity index (χ2n) is 6.29. The Labute approximate surface area is 147 Å². The molecule has 0 bridgehead atoms. The summed E-state index contributed by atoms with van der Waals surface area (Å²) in [5, 5.41) is 7.52. The van der Waals surface area contributed by atoms with Crippen LogP contribution in [0.1, 0.15) is 22.0 Å². The molecule has 0 aliphatic carbocycles. The molecule has 4 nitrogen and oxygen atoms in total. The van der Waals surface area contributed by atoms with Gasteiger partial charge >= 0.3 is 0 Å². The summed E-state index contributed by atoms with van der Waals surface area (Å²) in [6.07, 6.45) is 0. The molecule has 4 rings (SSSR count). The van der Waals surface area contributed by atoms with Crippen LogP contribution in [0.25, 0.3) is 10.8 Å². The maximum atomic E-state index is 12.9. The first-order valence-corrected chi connectivity index (χ1v) is 8.64. The van der Waals surface area contributed by atoms with Gasteiger partial charge in [-0.15, -0.1) is 0 Å². The van der Waals surface area contributed by atoms with Crippen LogP contribution < -0.4 is 10.7 Å². The maximum absolute atomic E-state index is 12.9. The van der Waals surface area contributed by atoms with Crippen molar-refractivity contribution < 1.29 is 4.79 Å². The average molecular weight is 331 g/mol. The van der Waals surface area contributed by atoms with Crippen molar-refractivity contribution in [3.8, 4) is 0 Å². The summed E-state index contributed by atoms with van der Waals surface area (Å²) >= 11 is 0. The van der Waals surface area contributed by atoms with E-state index in [1.165, 1.54) is 5.56 Å². The molecule has 126 valence electrons. The predicted octanol–water partition coefficient (Wildman–Crippen LogP) is 3.13. The van der Waals surface area contributed by atoms with Crippen LogP contribution in [-0.2, 0) is 0 Å². The van der Waals surface area contributed by atoms with Crippen LogP contribution in [0.3, 0.4) is 0 Å². The number of benzene rings is 3. The van der Waals surface area contributed by atoms with Gasteiger partial charge in [-0.25, -0.2) is 5.01 Å². The molecule has 1 aliphatic heterocycles. The fourth-order valence-electron chi connectivity index (χ4n) is 3.43. The minimum absolute atomic E-state index is 0.0559. The van der Waals surface area contributed by atoms with Crippen LogP contribution in [0.2, 0.25) is 0 Å². The van der Waals surface area contributed by atoms with E-state index in [1.54, 1.807) is 0 Å². The number of amides is 1. The smallest absolute Gasteiger partial charge is 0.266 e. The van der Waals surface area contributed by atoms with E-state index in [9.17, 15) is 4.79 Å². The van der Waals surface area contributed by atoms with E-state index < -0.39 is 0 Å². The lowest BCUT2D eigenvalue weighted by atomic mass is 10.0. The fourth-order valence-corrected chi connectivity index (χ4v) is 3.43. The van der Waals surface area contributed by atoms with Crippen LogP contribution in [0.5, 0.6) is 0 Å². The Kier molecular flexibility index (Phi) is 4.46. The van der Waals surface area contributed by atoms with Gasteiger partial charge in [0, 0.05) is 25.2 Å². The van der Waals surface area contributed by atoms with E-state index in [-0.39, 0.29) is 11.9 Å². The fraction of sp³-hybridized carbons (Fsp3) is 0.190. The van der Waals surface area contributed by atoms with Gasteiger partial charge in [0.05, 0.1) is 6.04 Å². The molecule has 3 aromatic carbocycles. The van der Waals surface area contributed by atoms with Gasteiger partial charge in [0.25, 0.3) is 5.91 Å². The first kappa shape index (κ1) is 15.8. The Morgan fingerprint density at radius 3 is 2.60 bits per heavy atom. The molecule has 4 heteroatoms. The molecule has 25 heavy (non-hydrogen) atoms. The minimum Gasteiger partial charge on any atom is -0.313 e. The van der Waals surface area contributed by atoms with E-state index in [0.29, 0.717) is 5.56 Å². The van der Waals surface area contributed by atoms with Crippen molar-refractivity contribution in [3.05, 3.63) is 83.9 Å². The van der Waals surface area contributed by atoms with Crippen LogP contribution in [-0.4, -0.2) is 30.6 Å². The molecule has 0 spiro atoms.